The van der Waals surface area contributed by atoms with Crippen LogP contribution in [0, 0.1) is 5.82 Å². The maximum Gasteiger partial charge on any atom is 0.244 e. The lowest BCUT2D eigenvalue weighted by Gasteiger charge is -2.12. The van der Waals surface area contributed by atoms with Crippen molar-refractivity contribution in [3.8, 4) is 0 Å². The summed E-state index contributed by atoms with van der Waals surface area (Å²) in [4.78, 5) is 12.3. The Hall–Kier alpha value is -2.97. The van der Waals surface area contributed by atoms with Crippen LogP contribution < -0.4 is 5.32 Å². The van der Waals surface area contributed by atoms with Crippen LogP contribution in [-0.2, 0) is 22.6 Å². The van der Waals surface area contributed by atoms with Crippen LogP contribution in [0.4, 0.5) is 4.39 Å². The van der Waals surface area contributed by atoms with Gasteiger partial charge < -0.3 is 14.6 Å². The molecular weight excluding hydrogens is 427 g/mol. The first kappa shape index (κ1) is 22.2. The minimum atomic E-state index is -0.338. The summed E-state index contributed by atoms with van der Waals surface area (Å²) in [6.07, 6.45) is 5.39. The van der Waals surface area contributed by atoms with Crippen molar-refractivity contribution >= 4 is 23.7 Å². The highest BCUT2D eigenvalue weighted by atomic mass is 32.2. The fraction of sp³-hybridized carbons (Fsp3) is 0.292. The van der Waals surface area contributed by atoms with Gasteiger partial charge in [0.15, 0.2) is 11.0 Å². The molecular formula is C24H25FN4O2S. The molecule has 32 heavy (non-hydrogen) atoms. The second-order valence-corrected chi connectivity index (χ2v) is 8.51. The number of hydrogen-bond acceptors (Lipinski definition) is 5. The van der Waals surface area contributed by atoms with Gasteiger partial charge in [-0.1, -0.05) is 54.2 Å². The average molecular weight is 453 g/mol. The molecule has 2 heterocycles. The van der Waals surface area contributed by atoms with Crippen molar-refractivity contribution in [2.45, 2.75) is 37.2 Å². The van der Waals surface area contributed by atoms with Gasteiger partial charge in [-0.3, -0.25) is 4.79 Å². The first-order valence-electron chi connectivity index (χ1n) is 10.6. The molecule has 0 aliphatic carbocycles. The zero-order valence-corrected chi connectivity index (χ0v) is 18.4. The van der Waals surface area contributed by atoms with Gasteiger partial charge in [0.25, 0.3) is 0 Å². The zero-order chi connectivity index (χ0) is 22.2. The van der Waals surface area contributed by atoms with Crippen LogP contribution >= 0.6 is 11.8 Å². The minimum absolute atomic E-state index is 0.243. The molecule has 1 N–H and O–H groups in total. The lowest BCUT2D eigenvalue weighted by atomic mass is 10.2. The largest absolute Gasteiger partial charge is 0.377 e. The van der Waals surface area contributed by atoms with E-state index in [1.54, 1.807) is 30.0 Å². The number of halogens is 1. The molecule has 1 saturated heterocycles. The van der Waals surface area contributed by atoms with E-state index in [-0.39, 0.29) is 24.4 Å². The fourth-order valence-electron chi connectivity index (χ4n) is 3.43. The van der Waals surface area contributed by atoms with Crippen molar-refractivity contribution in [1.82, 2.24) is 20.1 Å². The molecule has 0 saturated carbocycles. The Morgan fingerprint density at radius 2 is 2.09 bits per heavy atom. The van der Waals surface area contributed by atoms with Crippen molar-refractivity contribution in [2.75, 3.05) is 12.4 Å². The van der Waals surface area contributed by atoms with Gasteiger partial charge in [0.2, 0.25) is 5.91 Å². The predicted molar refractivity (Wildman–Crippen MR) is 123 cm³/mol. The van der Waals surface area contributed by atoms with Crippen molar-refractivity contribution in [3.05, 3.63) is 83.4 Å². The van der Waals surface area contributed by atoms with Crippen molar-refractivity contribution in [1.29, 1.82) is 0 Å². The Morgan fingerprint density at radius 1 is 1.22 bits per heavy atom. The second-order valence-electron chi connectivity index (χ2n) is 7.52. The number of hydrogen-bond donors (Lipinski definition) is 1. The third kappa shape index (κ3) is 6.27. The highest BCUT2D eigenvalue weighted by Gasteiger charge is 2.19. The Morgan fingerprint density at radius 3 is 2.88 bits per heavy atom. The summed E-state index contributed by atoms with van der Waals surface area (Å²) in [6, 6.07) is 16.2. The van der Waals surface area contributed by atoms with Gasteiger partial charge >= 0.3 is 0 Å². The molecule has 2 aromatic carbocycles. The molecule has 1 fully saturated rings. The van der Waals surface area contributed by atoms with Gasteiger partial charge in [-0.25, -0.2) is 4.39 Å². The SMILES string of the molecule is O=C(/C=C/c1cccc(F)c1)NCc1nnc(SCC2CCCO2)n1Cc1ccccc1. The van der Waals surface area contributed by atoms with Gasteiger partial charge in [-0.15, -0.1) is 10.2 Å². The van der Waals surface area contributed by atoms with E-state index in [0.29, 0.717) is 17.9 Å². The van der Waals surface area contributed by atoms with Gasteiger partial charge in [0, 0.05) is 18.4 Å². The average Bonchev–Trinajstić information content (AvgIpc) is 3.46. The van der Waals surface area contributed by atoms with Crippen LogP contribution in [0.5, 0.6) is 0 Å². The number of aromatic nitrogens is 3. The van der Waals surface area contributed by atoms with Crippen LogP contribution in [0.25, 0.3) is 6.08 Å². The summed E-state index contributed by atoms with van der Waals surface area (Å²) in [6.45, 7) is 1.68. The minimum Gasteiger partial charge on any atom is -0.377 e. The molecule has 1 aliphatic rings. The molecule has 0 spiro atoms. The number of nitrogens with one attached hydrogen (secondary N) is 1. The van der Waals surface area contributed by atoms with Gasteiger partial charge in [-0.2, -0.15) is 0 Å². The Bertz CT molecular complexity index is 1060. The van der Waals surface area contributed by atoms with E-state index >= 15 is 0 Å². The Balaban J connectivity index is 1.42. The van der Waals surface area contributed by atoms with Crippen LogP contribution in [0.15, 0.2) is 65.8 Å². The van der Waals surface area contributed by atoms with Crippen molar-refractivity contribution < 1.29 is 13.9 Å². The standard InChI is InChI=1S/C24H25FN4O2S/c25-20-9-4-8-18(14-20)11-12-23(30)26-15-22-27-28-24(32-17-21-10-5-13-31-21)29(22)16-19-6-2-1-3-7-19/h1-4,6-9,11-12,14,21H,5,10,13,15-17H2,(H,26,30)/b12-11+. The van der Waals surface area contributed by atoms with E-state index in [4.69, 9.17) is 4.74 Å². The van der Waals surface area contributed by atoms with E-state index in [0.717, 1.165) is 35.9 Å². The maximum atomic E-state index is 13.3. The lowest BCUT2D eigenvalue weighted by Crippen LogP contribution is -2.23. The molecule has 1 unspecified atom stereocenters. The van der Waals surface area contributed by atoms with E-state index in [9.17, 15) is 9.18 Å². The number of carbonyl (C=O) groups excluding carboxylic acids is 1. The lowest BCUT2D eigenvalue weighted by molar-refractivity contribution is -0.116. The molecule has 6 nitrogen and oxygen atoms in total. The highest BCUT2D eigenvalue weighted by Crippen LogP contribution is 2.24. The zero-order valence-electron chi connectivity index (χ0n) is 17.6. The summed E-state index contributed by atoms with van der Waals surface area (Å²) in [5, 5.41) is 12.3. The fourth-order valence-corrected chi connectivity index (χ4v) is 4.45. The maximum absolute atomic E-state index is 13.3. The molecule has 0 radical (unpaired) electrons. The van der Waals surface area contributed by atoms with E-state index in [1.807, 2.05) is 22.8 Å². The molecule has 1 aromatic heterocycles. The number of carbonyl (C=O) groups is 1. The highest BCUT2D eigenvalue weighted by molar-refractivity contribution is 7.99. The van der Waals surface area contributed by atoms with Gasteiger partial charge in [0.05, 0.1) is 19.2 Å². The third-order valence-corrected chi connectivity index (χ3v) is 6.19. The summed E-state index contributed by atoms with van der Waals surface area (Å²) in [5.74, 6) is 0.887. The number of nitrogens with zero attached hydrogens (tertiary/aromatic N) is 3. The predicted octanol–water partition coefficient (Wildman–Crippen LogP) is 4.07. The normalized spacial score (nSPS) is 16.0. The van der Waals surface area contributed by atoms with Crippen LogP contribution in [0.1, 0.15) is 29.8 Å². The van der Waals surface area contributed by atoms with Crippen LogP contribution in [0.3, 0.4) is 0 Å². The molecule has 1 atom stereocenters. The molecule has 0 bridgehead atoms. The van der Waals surface area contributed by atoms with Crippen LogP contribution in [0.2, 0.25) is 0 Å². The Kier molecular flexibility index (Phi) is 7.68. The van der Waals surface area contributed by atoms with E-state index in [2.05, 4.69) is 27.6 Å². The van der Waals surface area contributed by atoms with Gasteiger partial charge in [0.1, 0.15) is 5.82 Å². The summed E-state index contributed by atoms with van der Waals surface area (Å²) < 4.78 is 21.0. The number of ether oxygens (including phenoxy) is 1. The molecule has 4 rings (SSSR count). The molecule has 3 aromatic rings. The first-order valence-corrected chi connectivity index (χ1v) is 11.6. The van der Waals surface area contributed by atoms with E-state index < -0.39 is 0 Å². The molecule has 1 aliphatic heterocycles. The molecule has 8 heteroatoms. The first-order chi connectivity index (χ1) is 15.7. The third-order valence-electron chi connectivity index (χ3n) is 5.10. The van der Waals surface area contributed by atoms with Crippen molar-refractivity contribution in [3.63, 3.8) is 0 Å². The Labute approximate surface area is 190 Å². The van der Waals surface area contributed by atoms with Gasteiger partial charge in [-0.05, 0) is 42.2 Å². The summed E-state index contributed by atoms with van der Waals surface area (Å²) in [7, 11) is 0. The quantitative estimate of drug-likeness (QED) is 0.392. The number of benzene rings is 2. The second kappa shape index (κ2) is 11.1. The summed E-state index contributed by atoms with van der Waals surface area (Å²) in [5.41, 5.74) is 1.75. The topological polar surface area (TPSA) is 69.0 Å². The van der Waals surface area contributed by atoms with Crippen LogP contribution in [-0.4, -0.2) is 39.1 Å². The van der Waals surface area contributed by atoms with Crippen molar-refractivity contribution in [2.24, 2.45) is 0 Å². The smallest absolute Gasteiger partial charge is 0.244 e. The molecule has 1 amide bonds. The number of amides is 1. The molecule has 166 valence electrons. The number of rotatable bonds is 9. The van der Waals surface area contributed by atoms with E-state index in [1.165, 1.54) is 18.2 Å². The number of thioether (sulfide) groups is 1. The monoisotopic (exact) mass is 452 g/mol. The summed E-state index contributed by atoms with van der Waals surface area (Å²) >= 11 is 1.63.